The minimum absolute atomic E-state index is 0.0286. The molecular formula is C9H15F3O. The van der Waals surface area contributed by atoms with E-state index in [0.717, 1.165) is 0 Å². The van der Waals surface area contributed by atoms with Gasteiger partial charge in [0, 0.05) is 0 Å². The average Bonchev–Trinajstić information content (AvgIpc) is 1.75. The minimum atomic E-state index is -4.46. The molecule has 1 saturated carbocycles. The van der Waals surface area contributed by atoms with Crippen molar-refractivity contribution in [3.05, 3.63) is 0 Å². The second kappa shape index (κ2) is 2.62. The van der Waals surface area contributed by atoms with Gasteiger partial charge in [-0.1, -0.05) is 20.8 Å². The number of halogens is 3. The monoisotopic (exact) mass is 196 g/mol. The summed E-state index contributed by atoms with van der Waals surface area (Å²) in [7, 11) is 0. The maximum absolute atomic E-state index is 12.2. The molecule has 1 rings (SSSR count). The lowest BCUT2D eigenvalue weighted by molar-refractivity contribution is -0.306. The van der Waals surface area contributed by atoms with Crippen molar-refractivity contribution in [1.82, 2.24) is 0 Å². The van der Waals surface area contributed by atoms with Gasteiger partial charge in [-0.3, -0.25) is 0 Å². The van der Waals surface area contributed by atoms with Gasteiger partial charge in [0.1, 0.15) is 0 Å². The van der Waals surface area contributed by atoms with E-state index < -0.39 is 11.8 Å². The largest absolute Gasteiger partial charge is 0.417 e. The van der Waals surface area contributed by atoms with Crippen LogP contribution in [0.2, 0.25) is 0 Å². The molecule has 0 aromatic rings. The van der Waals surface area contributed by atoms with Crippen molar-refractivity contribution >= 4 is 0 Å². The number of hydrogen-bond donors (Lipinski definition) is 1. The lowest BCUT2D eigenvalue weighted by Crippen LogP contribution is -2.57. The molecule has 1 aliphatic rings. The van der Waals surface area contributed by atoms with Crippen LogP contribution in [0, 0.1) is 11.3 Å². The van der Waals surface area contributed by atoms with E-state index in [0.29, 0.717) is 0 Å². The molecule has 1 N–H and O–H groups in total. The normalized spacial score (nSPS) is 35.8. The number of alkyl halides is 3. The van der Waals surface area contributed by atoms with E-state index in [1.54, 1.807) is 0 Å². The highest BCUT2D eigenvalue weighted by molar-refractivity contribution is 5.02. The van der Waals surface area contributed by atoms with Crippen LogP contribution in [0.15, 0.2) is 0 Å². The Morgan fingerprint density at radius 1 is 1.15 bits per heavy atom. The maximum Gasteiger partial charge on any atom is 0.417 e. The number of hydrogen-bond acceptors (Lipinski definition) is 1. The topological polar surface area (TPSA) is 20.2 Å². The molecule has 0 saturated heterocycles. The Morgan fingerprint density at radius 2 is 1.54 bits per heavy atom. The molecule has 0 spiro atoms. The zero-order valence-electron chi connectivity index (χ0n) is 8.07. The second-order valence-corrected chi connectivity index (χ2v) is 5.00. The molecule has 4 heteroatoms. The van der Waals surface area contributed by atoms with Gasteiger partial charge in [-0.05, 0) is 24.2 Å². The van der Waals surface area contributed by atoms with Gasteiger partial charge in [-0.25, -0.2) is 0 Å². The Morgan fingerprint density at radius 3 is 1.77 bits per heavy atom. The molecule has 78 valence electrons. The molecule has 0 bridgehead atoms. The number of rotatable bonds is 0. The van der Waals surface area contributed by atoms with Crippen molar-refractivity contribution in [1.29, 1.82) is 0 Å². The predicted octanol–water partition coefficient (Wildman–Crippen LogP) is 2.74. The molecule has 0 radical (unpaired) electrons. The van der Waals surface area contributed by atoms with E-state index in [1.165, 1.54) is 0 Å². The van der Waals surface area contributed by atoms with Crippen LogP contribution in [-0.4, -0.2) is 16.9 Å². The molecule has 0 amide bonds. The lowest BCUT2D eigenvalue weighted by atomic mass is 9.60. The lowest BCUT2D eigenvalue weighted by Gasteiger charge is -2.49. The first-order chi connectivity index (χ1) is 5.56. The van der Waals surface area contributed by atoms with E-state index >= 15 is 0 Å². The standard InChI is InChI=1S/C9H15F3O/c1-7(2,3)6-4-8(13,5-6)9(10,11)12/h6,13H,4-5H2,1-3H3. The first-order valence-corrected chi connectivity index (χ1v) is 4.35. The van der Waals surface area contributed by atoms with Crippen LogP contribution in [0.5, 0.6) is 0 Å². The number of aliphatic hydroxyl groups is 1. The molecule has 1 fully saturated rings. The SMILES string of the molecule is CC(C)(C)C1CC(O)(C(F)(F)F)C1. The van der Waals surface area contributed by atoms with Crippen LogP contribution >= 0.6 is 0 Å². The van der Waals surface area contributed by atoms with Crippen LogP contribution in [0.1, 0.15) is 33.6 Å². The van der Waals surface area contributed by atoms with E-state index in [4.69, 9.17) is 5.11 Å². The van der Waals surface area contributed by atoms with Crippen LogP contribution < -0.4 is 0 Å². The summed E-state index contributed by atoms with van der Waals surface area (Å²) in [6.45, 7) is 5.69. The average molecular weight is 196 g/mol. The fraction of sp³-hybridized carbons (Fsp3) is 1.00. The van der Waals surface area contributed by atoms with Crippen molar-refractivity contribution < 1.29 is 18.3 Å². The Hall–Kier alpha value is -0.250. The highest BCUT2D eigenvalue weighted by atomic mass is 19.4. The molecule has 0 atom stereocenters. The van der Waals surface area contributed by atoms with Crippen LogP contribution in [0.4, 0.5) is 13.2 Å². The summed E-state index contributed by atoms with van der Waals surface area (Å²) in [5.74, 6) is -0.0286. The smallest absolute Gasteiger partial charge is 0.380 e. The molecular weight excluding hydrogens is 181 g/mol. The van der Waals surface area contributed by atoms with Crippen molar-refractivity contribution in [2.75, 3.05) is 0 Å². The molecule has 13 heavy (non-hydrogen) atoms. The molecule has 1 aliphatic carbocycles. The van der Waals surface area contributed by atoms with Gasteiger partial charge in [-0.2, -0.15) is 13.2 Å². The fourth-order valence-corrected chi connectivity index (χ4v) is 1.60. The summed E-state index contributed by atoms with van der Waals surface area (Å²) in [6, 6.07) is 0. The van der Waals surface area contributed by atoms with Gasteiger partial charge < -0.3 is 5.11 Å². The molecule has 0 heterocycles. The highest BCUT2D eigenvalue weighted by Gasteiger charge is 2.62. The molecule has 0 aromatic carbocycles. The van der Waals surface area contributed by atoms with Gasteiger partial charge >= 0.3 is 6.18 Å². The second-order valence-electron chi connectivity index (χ2n) is 5.00. The van der Waals surface area contributed by atoms with Crippen molar-refractivity contribution in [2.45, 2.75) is 45.4 Å². The van der Waals surface area contributed by atoms with E-state index in [9.17, 15) is 13.2 Å². The third-order valence-electron chi connectivity index (χ3n) is 2.92. The van der Waals surface area contributed by atoms with E-state index in [2.05, 4.69) is 0 Å². The molecule has 0 aliphatic heterocycles. The first kappa shape index (κ1) is 10.8. The van der Waals surface area contributed by atoms with E-state index in [1.807, 2.05) is 20.8 Å². The fourth-order valence-electron chi connectivity index (χ4n) is 1.60. The molecule has 0 unspecified atom stereocenters. The van der Waals surface area contributed by atoms with Gasteiger partial charge in [0.05, 0.1) is 0 Å². The van der Waals surface area contributed by atoms with Crippen LogP contribution in [0.3, 0.4) is 0 Å². The Kier molecular flexibility index (Phi) is 2.19. The summed E-state index contributed by atoms with van der Waals surface area (Å²) in [5, 5.41) is 9.16. The third-order valence-corrected chi connectivity index (χ3v) is 2.92. The predicted molar refractivity (Wildman–Crippen MR) is 43.2 cm³/mol. The zero-order chi connectivity index (χ0) is 10.5. The highest BCUT2D eigenvalue weighted by Crippen LogP contribution is 2.54. The summed E-state index contributed by atoms with van der Waals surface area (Å²) >= 11 is 0. The van der Waals surface area contributed by atoms with Crippen LogP contribution in [0.25, 0.3) is 0 Å². The van der Waals surface area contributed by atoms with Crippen molar-refractivity contribution in [2.24, 2.45) is 11.3 Å². The van der Waals surface area contributed by atoms with Gasteiger partial charge in [0.2, 0.25) is 0 Å². The van der Waals surface area contributed by atoms with Crippen molar-refractivity contribution in [3.8, 4) is 0 Å². The summed E-state index contributed by atoms with van der Waals surface area (Å²) in [5.41, 5.74) is -2.55. The van der Waals surface area contributed by atoms with Gasteiger partial charge in [0.25, 0.3) is 0 Å². The maximum atomic E-state index is 12.2. The zero-order valence-corrected chi connectivity index (χ0v) is 8.07. The minimum Gasteiger partial charge on any atom is -0.380 e. The molecule has 1 nitrogen and oxygen atoms in total. The van der Waals surface area contributed by atoms with Crippen LogP contribution in [-0.2, 0) is 0 Å². The van der Waals surface area contributed by atoms with Gasteiger partial charge in [0.15, 0.2) is 5.60 Å². The Balaban J connectivity index is 2.58. The van der Waals surface area contributed by atoms with Gasteiger partial charge in [-0.15, -0.1) is 0 Å². The quantitative estimate of drug-likeness (QED) is 0.631. The van der Waals surface area contributed by atoms with E-state index in [-0.39, 0.29) is 24.2 Å². The summed E-state index contributed by atoms with van der Waals surface area (Å²) in [6.07, 6.45) is -4.77. The Labute approximate surface area is 75.9 Å². The van der Waals surface area contributed by atoms with Crippen molar-refractivity contribution in [3.63, 3.8) is 0 Å². The molecule has 0 aromatic heterocycles. The Bertz CT molecular complexity index is 196. The summed E-state index contributed by atoms with van der Waals surface area (Å²) < 4.78 is 36.6. The third kappa shape index (κ3) is 1.82. The summed E-state index contributed by atoms with van der Waals surface area (Å²) in [4.78, 5) is 0. The first-order valence-electron chi connectivity index (χ1n) is 4.35.